The van der Waals surface area contributed by atoms with Crippen LogP contribution in [0.5, 0.6) is 17.2 Å². The van der Waals surface area contributed by atoms with Gasteiger partial charge in [-0.25, -0.2) is 0 Å². The fourth-order valence-electron chi connectivity index (χ4n) is 2.80. The Morgan fingerprint density at radius 1 is 1.03 bits per heavy atom. The molecular weight excluding hydrogens is 390 g/mol. The molecule has 2 aromatic rings. The Bertz CT molecular complexity index is 913. The highest BCUT2D eigenvalue weighted by Crippen LogP contribution is 2.28. The molecule has 1 amide bonds. The molecule has 0 N–H and O–H groups in total. The standard InChI is InChI=1S/C21H23N3O4S/c1-26-17-7-4-16(5-8-17)13-22-23-21-24(20(25)14-29-21)11-10-15-6-9-18(27-2)19(12-15)28-3/h4-9,12-13H,10-11,14H2,1-3H3. The van der Waals surface area contributed by atoms with Gasteiger partial charge in [0.15, 0.2) is 16.7 Å². The van der Waals surface area contributed by atoms with Crippen molar-refractivity contribution in [3.05, 3.63) is 53.6 Å². The van der Waals surface area contributed by atoms with Crippen molar-refractivity contribution >= 4 is 29.1 Å². The number of hydrogen-bond donors (Lipinski definition) is 0. The van der Waals surface area contributed by atoms with Crippen LogP contribution in [0.1, 0.15) is 11.1 Å². The van der Waals surface area contributed by atoms with E-state index in [9.17, 15) is 4.79 Å². The van der Waals surface area contributed by atoms with Crippen LogP contribution in [0, 0.1) is 0 Å². The van der Waals surface area contributed by atoms with Crippen molar-refractivity contribution in [2.45, 2.75) is 6.42 Å². The van der Waals surface area contributed by atoms with Crippen molar-refractivity contribution in [2.75, 3.05) is 33.6 Å². The number of ether oxygens (including phenoxy) is 3. The molecule has 1 fully saturated rings. The second kappa shape index (κ2) is 9.97. The first-order chi connectivity index (χ1) is 14.1. The third kappa shape index (κ3) is 5.29. The van der Waals surface area contributed by atoms with Crippen LogP contribution < -0.4 is 14.2 Å². The number of benzene rings is 2. The number of hydrogen-bond acceptors (Lipinski definition) is 7. The average Bonchev–Trinajstić information content (AvgIpc) is 3.11. The molecule has 0 saturated carbocycles. The summed E-state index contributed by atoms with van der Waals surface area (Å²) >= 11 is 1.40. The van der Waals surface area contributed by atoms with Crippen molar-refractivity contribution in [3.63, 3.8) is 0 Å². The number of nitrogens with zero attached hydrogens (tertiary/aromatic N) is 3. The fourth-order valence-corrected chi connectivity index (χ4v) is 3.67. The molecule has 2 aromatic carbocycles. The molecule has 3 rings (SSSR count). The number of amidine groups is 1. The van der Waals surface area contributed by atoms with E-state index in [0.717, 1.165) is 16.9 Å². The van der Waals surface area contributed by atoms with Crippen LogP contribution >= 0.6 is 11.8 Å². The first-order valence-corrected chi connectivity index (χ1v) is 10.0. The van der Waals surface area contributed by atoms with Gasteiger partial charge >= 0.3 is 0 Å². The number of rotatable bonds is 8. The molecule has 0 radical (unpaired) electrons. The molecule has 1 aliphatic rings. The topological polar surface area (TPSA) is 72.7 Å². The summed E-state index contributed by atoms with van der Waals surface area (Å²) in [7, 11) is 4.83. The van der Waals surface area contributed by atoms with Crippen LogP contribution in [0.25, 0.3) is 0 Å². The second-order valence-corrected chi connectivity index (χ2v) is 7.12. The zero-order valence-corrected chi connectivity index (χ0v) is 17.4. The van der Waals surface area contributed by atoms with Gasteiger partial charge in [0.2, 0.25) is 5.91 Å². The van der Waals surface area contributed by atoms with Gasteiger partial charge in [0.05, 0.1) is 33.3 Å². The SMILES string of the molecule is COc1ccc(C=NN=C2SCC(=O)N2CCc2ccc(OC)c(OC)c2)cc1. The minimum atomic E-state index is 0.0360. The monoisotopic (exact) mass is 413 g/mol. The number of amides is 1. The normalized spacial score (nSPS) is 15.3. The zero-order valence-electron chi connectivity index (χ0n) is 16.6. The maximum atomic E-state index is 12.2. The Labute approximate surface area is 174 Å². The van der Waals surface area contributed by atoms with Gasteiger partial charge in [0.25, 0.3) is 0 Å². The lowest BCUT2D eigenvalue weighted by atomic mass is 10.1. The van der Waals surface area contributed by atoms with Crippen LogP contribution in [0.4, 0.5) is 0 Å². The van der Waals surface area contributed by atoms with Crippen molar-refractivity contribution in [2.24, 2.45) is 10.2 Å². The van der Waals surface area contributed by atoms with Gasteiger partial charge in [0, 0.05) is 6.54 Å². The average molecular weight is 413 g/mol. The summed E-state index contributed by atoms with van der Waals surface area (Å²) in [6.07, 6.45) is 2.33. The van der Waals surface area contributed by atoms with E-state index in [-0.39, 0.29) is 5.91 Å². The number of carbonyl (C=O) groups is 1. The highest BCUT2D eigenvalue weighted by atomic mass is 32.2. The van der Waals surface area contributed by atoms with Gasteiger partial charge in [-0.05, 0) is 53.9 Å². The zero-order chi connectivity index (χ0) is 20.6. The van der Waals surface area contributed by atoms with Gasteiger partial charge in [-0.15, -0.1) is 5.10 Å². The summed E-state index contributed by atoms with van der Waals surface area (Å²) in [6, 6.07) is 13.3. The molecule has 0 spiro atoms. The lowest BCUT2D eigenvalue weighted by Gasteiger charge is -2.16. The maximum Gasteiger partial charge on any atom is 0.239 e. The van der Waals surface area contributed by atoms with Gasteiger partial charge in [-0.2, -0.15) is 5.10 Å². The third-order valence-electron chi connectivity index (χ3n) is 4.39. The van der Waals surface area contributed by atoms with Gasteiger partial charge in [-0.3, -0.25) is 9.69 Å². The molecule has 152 valence electrons. The van der Waals surface area contributed by atoms with E-state index < -0.39 is 0 Å². The molecule has 0 atom stereocenters. The third-order valence-corrected chi connectivity index (χ3v) is 5.35. The first kappa shape index (κ1) is 20.7. The number of methoxy groups -OCH3 is 3. The summed E-state index contributed by atoms with van der Waals surface area (Å²) in [4.78, 5) is 13.9. The van der Waals surface area contributed by atoms with E-state index in [1.54, 1.807) is 32.4 Å². The molecule has 7 nitrogen and oxygen atoms in total. The molecule has 0 aromatic heterocycles. The quantitative estimate of drug-likeness (QED) is 0.491. The van der Waals surface area contributed by atoms with E-state index in [2.05, 4.69) is 10.2 Å². The van der Waals surface area contributed by atoms with Crippen molar-refractivity contribution in [3.8, 4) is 17.2 Å². The van der Waals surface area contributed by atoms with Crippen LogP contribution in [0.2, 0.25) is 0 Å². The van der Waals surface area contributed by atoms with Crippen molar-refractivity contribution in [1.29, 1.82) is 0 Å². The Morgan fingerprint density at radius 2 is 1.79 bits per heavy atom. The predicted octanol–water partition coefficient (Wildman–Crippen LogP) is 3.22. The van der Waals surface area contributed by atoms with Crippen LogP contribution in [-0.2, 0) is 11.2 Å². The highest BCUT2D eigenvalue weighted by Gasteiger charge is 2.28. The van der Waals surface area contributed by atoms with E-state index in [1.165, 1.54) is 11.8 Å². The van der Waals surface area contributed by atoms with E-state index in [4.69, 9.17) is 14.2 Å². The summed E-state index contributed by atoms with van der Waals surface area (Å²) in [6.45, 7) is 0.526. The van der Waals surface area contributed by atoms with Gasteiger partial charge in [0.1, 0.15) is 5.75 Å². The van der Waals surface area contributed by atoms with Crippen molar-refractivity contribution in [1.82, 2.24) is 4.90 Å². The van der Waals surface area contributed by atoms with Crippen LogP contribution in [0.3, 0.4) is 0 Å². The summed E-state index contributed by atoms with van der Waals surface area (Å²) < 4.78 is 15.7. The molecule has 1 aliphatic heterocycles. The van der Waals surface area contributed by atoms with E-state index in [1.807, 2.05) is 42.5 Å². The fraction of sp³-hybridized carbons (Fsp3) is 0.286. The molecule has 1 saturated heterocycles. The lowest BCUT2D eigenvalue weighted by molar-refractivity contribution is -0.124. The molecule has 0 aliphatic carbocycles. The Morgan fingerprint density at radius 3 is 2.48 bits per heavy atom. The molecule has 0 bridgehead atoms. The maximum absolute atomic E-state index is 12.2. The van der Waals surface area contributed by atoms with Gasteiger partial charge in [-0.1, -0.05) is 17.8 Å². The van der Waals surface area contributed by atoms with Crippen LogP contribution in [-0.4, -0.2) is 55.8 Å². The molecule has 8 heteroatoms. The molecule has 1 heterocycles. The predicted molar refractivity (Wildman–Crippen MR) is 115 cm³/mol. The Balaban J connectivity index is 1.65. The van der Waals surface area contributed by atoms with E-state index in [0.29, 0.717) is 35.4 Å². The smallest absolute Gasteiger partial charge is 0.239 e. The molecule has 0 unspecified atom stereocenters. The Hall–Kier alpha value is -3.00. The highest BCUT2D eigenvalue weighted by molar-refractivity contribution is 8.15. The van der Waals surface area contributed by atoms with Crippen LogP contribution in [0.15, 0.2) is 52.7 Å². The van der Waals surface area contributed by atoms with Crippen molar-refractivity contribution < 1.29 is 19.0 Å². The summed E-state index contributed by atoms with van der Waals surface area (Å²) in [5, 5.41) is 9.00. The second-order valence-electron chi connectivity index (χ2n) is 6.17. The Kier molecular flexibility index (Phi) is 7.13. The largest absolute Gasteiger partial charge is 0.497 e. The summed E-state index contributed by atoms with van der Waals surface area (Å²) in [5.74, 6) is 2.55. The minimum Gasteiger partial charge on any atom is -0.497 e. The molecular formula is C21H23N3O4S. The number of carbonyl (C=O) groups excluding carboxylic acids is 1. The van der Waals surface area contributed by atoms with E-state index >= 15 is 0 Å². The molecule has 29 heavy (non-hydrogen) atoms. The lowest BCUT2D eigenvalue weighted by Crippen LogP contribution is -2.31. The minimum absolute atomic E-state index is 0.0360. The summed E-state index contributed by atoms with van der Waals surface area (Å²) in [5.41, 5.74) is 1.95. The number of thioether (sulfide) groups is 1. The van der Waals surface area contributed by atoms with Gasteiger partial charge < -0.3 is 14.2 Å². The first-order valence-electron chi connectivity index (χ1n) is 9.03.